The lowest BCUT2D eigenvalue weighted by molar-refractivity contribution is 0.166. The summed E-state index contributed by atoms with van der Waals surface area (Å²) >= 11 is 0. The van der Waals surface area contributed by atoms with Crippen LogP contribution in [0.5, 0.6) is 0 Å². The molecule has 0 bridgehead atoms. The molecule has 2 N–H and O–H groups in total. The number of anilines is 1. The number of aliphatic hydroxyl groups excluding tert-OH is 1. The standard InChI is InChI=1S/C12H17NO3/c1-3-4-11(14)9-5-7-10(8-6-9)13-12(15)16-2/h5-8,11,14H,3-4H2,1-2H3,(H,13,15). The van der Waals surface area contributed by atoms with Crippen molar-refractivity contribution in [3.63, 3.8) is 0 Å². The zero-order valence-electron chi connectivity index (χ0n) is 9.56. The predicted octanol–water partition coefficient (Wildman–Crippen LogP) is 2.70. The van der Waals surface area contributed by atoms with Crippen molar-refractivity contribution in [3.05, 3.63) is 29.8 Å². The van der Waals surface area contributed by atoms with Crippen LogP contribution in [0.15, 0.2) is 24.3 Å². The number of aliphatic hydroxyl groups is 1. The molecular formula is C12H17NO3. The number of nitrogens with one attached hydrogen (secondary N) is 1. The Hall–Kier alpha value is -1.55. The van der Waals surface area contributed by atoms with E-state index in [4.69, 9.17) is 0 Å². The summed E-state index contributed by atoms with van der Waals surface area (Å²) < 4.78 is 4.47. The first kappa shape index (κ1) is 12.5. The van der Waals surface area contributed by atoms with Crippen molar-refractivity contribution in [1.82, 2.24) is 0 Å². The van der Waals surface area contributed by atoms with Crippen LogP contribution in [0.25, 0.3) is 0 Å². The summed E-state index contributed by atoms with van der Waals surface area (Å²) in [6.07, 6.45) is 0.742. The molecule has 4 nitrogen and oxygen atoms in total. The minimum Gasteiger partial charge on any atom is -0.453 e. The molecule has 0 fully saturated rings. The highest BCUT2D eigenvalue weighted by Crippen LogP contribution is 2.20. The van der Waals surface area contributed by atoms with Crippen LogP contribution in [0.1, 0.15) is 31.4 Å². The van der Waals surface area contributed by atoms with Gasteiger partial charge < -0.3 is 9.84 Å². The largest absolute Gasteiger partial charge is 0.453 e. The number of benzene rings is 1. The van der Waals surface area contributed by atoms with E-state index in [1.165, 1.54) is 7.11 Å². The quantitative estimate of drug-likeness (QED) is 0.825. The number of hydrogen-bond acceptors (Lipinski definition) is 3. The Kier molecular flexibility index (Phi) is 4.79. The summed E-state index contributed by atoms with van der Waals surface area (Å²) in [6.45, 7) is 2.02. The highest BCUT2D eigenvalue weighted by Gasteiger charge is 2.06. The normalized spacial score (nSPS) is 11.9. The van der Waals surface area contributed by atoms with Gasteiger partial charge in [-0.15, -0.1) is 0 Å². The van der Waals surface area contributed by atoms with Crippen LogP contribution in [-0.4, -0.2) is 18.3 Å². The summed E-state index contributed by atoms with van der Waals surface area (Å²) in [4.78, 5) is 10.9. The number of carbonyl (C=O) groups is 1. The van der Waals surface area contributed by atoms with Crippen molar-refractivity contribution < 1.29 is 14.6 Å². The van der Waals surface area contributed by atoms with E-state index in [1.807, 2.05) is 6.92 Å². The monoisotopic (exact) mass is 223 g/mol. The molecule has 0 saturated heterocycles. The lowest BCUT2D eigenvalue weighted by Crippen LogP contribution is -2.10. The number of ether oxygens (including phenoxy) is 1. The fourth-order valence-electron chi connectivity index (χ4n) is 1.40. The average molecular weight is 223 g/mol. The Morgan fingerprint density at radius 1 is 1.44 bits per heavy atom. The molecule has 16 heavy (non-hydrogen) atoms. The first-order chi connectivity index (χ1) is 7.67. The molecule has 0 heterocycles. The molecular weight excluding hydrogens is 206 g/mol. The van der Waals surface area contributed by atoms with Gasteiger partial charge in [-0.3, -0.25) is 5.32 Å². The van der Waals surface area contributed by atoms with Gasteiger partial charge in [0.2, 0.25) is 0 Å². The molecule has 1 aromatic carbocycles. The number of hydrogen-bond donors (Lipinski definition) is 2. The lowest BCUT2D eigenvalue weighted by atomic mass is 10.1. The molecule has 1 amide bonds. The summed E-state index contributed by atoms with van der Waals surface area (Å²) in [6, 6.07) is 7.08. The smallest absolute Gasteiger partial charge is 0.411 e. The molecule has 88 valence electrons. The second-order valence-electron chi connectivity index (χ2n) is 3.54. The first-order valence-electron chi connectivity index (χ1n) is 5.30. The van der Waals surface area contributed by atoms with Gasteiger partial charge in [-0.2, -0.15) is 0 Å². The Bertz CT molecular complexity index is 335. The van der Waals surface area contributed by atoms with Gasteiger partial charge in [0.05, 0.1) is 13.2 Å². The average Bonchev–Trinajstić information content (AvgIpc) is 2.30. The molecule has 0 radical (unpaired) electrons. The van der Waals surface area contributed by atoms with Gasteiger partial charge in [-0.05, 0) is 24.1 Å². The van der Waals surface area contributed by atoms with Gasteiger partial charge in [0, 0.05) is 5.69 Å². The van der Waals surface area contributed by atoms with Crippen LogP contribution >= 0.6 is 0 Å². The topological polar surface area (TPSA) is 58.6 Å². The van der Waals surface area contributed by atoms with Crippen LogP contribution in [0.3, 0.4) is 0 Å². The molecule has 4 heteroatoms. The van der Waals surface area contributed by atoms with Crippen LogP contribution in [0, 0.1) is 0 Å². The Morgan fingerprint density at radius 2 is 2.06 bits per heavy atom. The van der Waals surface area contributed by atoms with E-state index in [0.717, 1.165) is 18.4 Å². The molecule has 1 aromatic rings. The van der Waals surface area contributed by atoms with E-state index in [-0.39, 0.29) is 0 Å². The second kappa shape index (κ2) is 6.12. The molecule has 0 aliphatic rings. The number of methoxy groups -OCH3 is 1. The molecule has 1 unspecified atom stereocenters. The third-order valence-electron chi connectivity index (χ3n) is 2.29. The molecule has 0 aliphatic carbocycles. The minimum absolute atomic E-state index is 0.433. The van der Waals surface area contributed by atoms with Gasteiger partial charge in [0.1, 0.15) is 0 Å². The van der Waals surface area contributed by atoms with E-state index in [2.05, 4.69) is 10.1 Å². The number of rotatable bonds is 4. The van der Waals surface area contributed by atoms with E-state index < -0.39 is 12.2 Å². The van der Waals surface area contributed by atoms with Crippen LogP contribution in [0.4, 0.5) is 10.5 Å². The van der Waals surface area contributed by atoms with Gasteiger partial charge in [0.25, 0.3) is 0 Å². The van der Waals surface area contributed by atoms with Crippen molar-refractivity contribution in [2.45, 2.75) is 25.9 Å². The zero-order chi connectivity index (χ0) is 12.0. The Labute approximate surface area is 95.2 Å². The summed E-state index contributed by atoms with van der Waals surface area (Å²) in [5, 5.41) is 12.3. The van der Waals surface area contributed by atoms with E-state index in [9.17, 15) is 9.90 Å². The summed E-state index contributed by atoms with van der Waals surface area (Å²) in [5.41, 5.74) is 1.51. The maximum absolute atomic E-state index is 10.9. The van der Waals surface area contributed by atoms with Gasteiger partial charge >= 0.3 is 6.09 Å². The Morgan fingerprint density at radius 3 is 2.56 bits per heavy atom. The third kappa shape index (κ3) is 3.55. The molecule has 0 spiro atoms. The van der Waals surface area contributed by atoms with Crippen molar-refractivity contribution >= 4 is 11.8 Å². The van der Waals surface area contributed by atoms with E-state index in [1.54, 1.807) is 24.3 Å². The number of amides is 1. The van der Waals surface area contributed by atoms with E-state index in [0.29, 0.717) is 5.69 Å². The number of carbonyl (C=O) groups excluding carboxylic acids is 1. The fraction of sp³-hybridized carbons (Fsp3) is 0.417. The fourth-order valence-corrected chi connectivity index (χ4v) is 1.40. The summed E-state index contributed by atoms with van der Waals surface area (Å²) in [7, 11) is 1.31. The maximum atomic E-state index is 10.9. The second-order valence-corrected chi connectivity index (χ2v) is 3.54. The van der Waals surface area contributed by atoms with E-state index >= 15 is 0 Å². The molecule has 1 atom stereocenters. The predicted molar refractivity (Wildman–Crippen MR) is 62.3 cm³/mol. The molecule has 1 rings (SSSR count). The van der Waals surface area contributed by atoms with Gasteiger partial charge in [0.15, 0.2) is 0 Å². The molecule has 0 saturated carbocycles. The molecule has 0 aromatic heterocycles. The highest BCUT2D eigenvalue weighted by molar-refractivity contribution is 5.84. The van der Waals surface area contributed by atoms with Crippen LogP contribution in [-0.2, 0) is 4.74 Å². The van der Waals surface area contributed by atoms with Crippen LogP contribution < -0.4 is 5.32 Å². The molecule has 0 aliphatic heterocycles. The highest BCUT2D eigenvalue weighted by atomic mass is 16.5. The van der Waals surface area contributed by atoms with Crippen molar-refractivity contribution in [3.8, 4) is 0 Å². The lowest BCUT2D eigenvalue weighted by Gasteiger charge is -2.10. The van der Waals surface area contributed by atoms with Gasteiger partial charge in [-0.1, -0.05) is 25.5 Å². The van der Waals surface area contributed by atoms with Crippen molar-refractivity contribution in [1.29, 1.82) is 0 Å². The zero-order valence-corrected chi connectivity index (χ0v) is 9.56. The van der Waals surface area contributed by atoms with Crippen LogP contribution in [0.2, 0.25) is 0 Å². The third-order valence-corrected chi connectivity index (χ3v) is 2.29. The maximum Gasteiger partial charge on any atom is 0.411 e. The Balaban J connectivity index is 2.64. The van der Waals surface area contributed by atoms with Gasteiger partial charge in [-0.25, -0.2) is 4.79 Å². The SMILES string of the molecule is CCCC(O)c1ccc(NC(=O)OC)cc1. The first-order valence-corrected chi connectivity index (χ1v) is 5.30. The van der Waals surface area contributed by atoms with Crippen molar-refractivity contribution in [2.24, 2.45) is 0 Å². The minimum atomic E-state index is -0.498. The summed E-state index contributed by atoms with van der Waals surface area (Å²) in [5.74, 6) is 0. The van der Waals surface area contributed by atoms with Crippen molar-refractivity contribution in [2.75, 3.05) is 12.4 Å².